The average Bonchev–Trinajstić information content (AvgIpc) is 2.34. The van der Waals surface area contributed by atoms with Gasteiger partial charge in [0.1, 0.15) is 0 Å². The topological polar surface area (TPSA) is 33.1 Å². The van der Waals surface area contributed by atoms with Crippen molar-refractivity contribution in [2.24, 2.45) is 0 Å². The van der Waals surface area contributed by atoms with Crippen LogP contribution in [-0.2, 0) is 6.42 Å². The predicted molar refractivity (Wildman–Crippen MR) is 47.8 cm³/mol. The molecule has 0 unspecified atom stereocenters. The van der Waals surface area contributed by atoms with Crippen LogP contribution in [0.4, 0.5) is 0 Å². The summed E-state index contributed by atoms with van der Waals surface area (Å²) in [5.41, 5.74) is 2.90. The van der Waals surface area contributed by atoms with Gasteiger partial charge < -0.3 is 5.11 Å². The molecule has 1 aromatic heterocycles. The molecule has 0 aliphatic carbocycles. The third-order valence-electron chi connectivity index (χ3n) is 1.07. The van der Waals surface area contributed by atoms with Gasteiger partial charge in [0.2, 0.25) is 0 Å². The molecule has 0 saturated heterocycles. The fourth-order valence-corrected chi connectivity index (χ4v) is 1.21. The smallest absolute Gasteiger partial charge is 0.0794 e. The highest BCUT2D eigenvalue weighted by Gasteiger charge is 1.91. The Morgan fingerprint density at radius 1 is 1.60 bits per heavy atom. The summed E-state index contributed by atoms with van der Waals surface area (Å²) >= 11 is 1.60. The summed E-state index contributed by atoms with van der Waals surface area (Å²) in [5.74, 6) is 0. The zero-order valence-corrected chi connectivity index (χ0v) is 8.02. The number of hydrogen-bond donors (Lipinski definition) is 1. The van der Waals surface area contributed by atoms with Crippen LogP contribution in [0.2, 0.25) is 0 Å². The molecule has 0 amide bonds. The standard InChI is InChI=1S/C6H9NOS.BrH/c8-3-1-2-6-4-9-5-7-6;/h4-5,8H,1-3H2;1H. The molecule has 0 bridgehead atoms. The lowest BCUT2D eigenvalue weighted by atomic mass is 10.3. The third-order valence-corrected chi connectivity index (χ3v) is 1.71. The van der Waals surface area contributed by atoms with Gasteiger partial charge in [-0.15, -0.1) is 28.3 Å². The summed E-state index contributed by atoms with van der Waals surface area (Å²) in [7, 11) is 0. The minimum Gasteiger partial charge on any atom is -0.396 e. The number of hydrogen-bond acceptors (Lipinski definition) is 3. The highest BCUT2D eigenvalue weighted by atomic mass is 79.9. The van der Waals surface area contributed by atoms with E-state index in [9.17, 15) is 0 Å². The van der Waals surface area contributed by atoms with Crippen molar-refractivity contribution in [3.8, 4) is 0 Å². The van der Waals surface area contributed by atoms with E-state index in [-0.39, 0.29) is 23.6 Å². The Bertz CT molecular complexity index is 155. The zero-order chi connectivity index (χ0) is 6.53. The highest BCUT2D eigenvalue weighted by Crippen LogP contribution is 2.02. The van der Waals surface area contributed by atoms with E-state index in [4.69, 9.17) is 5.11 Å². The number of thiazole rings is 1. The molecule has 0 atom stereocenters. The molecule has 0 aromatic carbocycles. The van der Waals surface area contributed by atoms with Gasteiger partial charge in [-0.25, -0.2) is 4.98 Å². The van der Waals surface area contributed by atoms with Crippen molar-refractivity contribution in [1.29, 1.82) is 0 Å². The monoisotopic (exact) mass is 223 g/mol. The number of aliphatic hydroxyl groups excluding tert-OH is 1. The van der Waals surface area contributed by atoms with Gasteiger partial charge in [0.25, 0.3) is 0 Å². The summed E-state index contributed by atoms with van der Waals surface area (Å²) in [6.45, 7) is 0.261. The molecule has 4 heteroatoms. The summed E-state index contributed by atoms with van der Waals surface area (Å²) in [6, 6.07) is 0. The van der Waals surface area contributed by atoms with Gasteiger partial charge in [-0.3, -0.25) is 0 Å². The van der Waals surface area contributed by atoms with Gasteiger partial charge in [0.15, 0.2) is 0 Å². The van der Waals surface area contributed by atoms with Crippen molar-refractivity contribution < 1.29 is 5.11 Å². The number of aliphatic hydroxyl groups is 1. The number of halogens is 1. The minimum atomic E-state index is 0. The molecule has 0 spiro atoms. The number of aryl methyl sites for hydroxylation is 1. The van der Waals surface area contributed by atoms with Crippen LogP contribution in [0.5, 0.6) is 0 Å². The van der Waals surface area contributed by atoms with Crippen molar-refractivity contribution >= 4 is 28.3 Å². The average molecular weight is 224 g/mol. The van der Waals surface area contributed by atoms with Crippen LogP contribution in [0.15, 0.2) is 10.9 Å². The van der Waals surface area contributed by atoms with Crippen molar-refractivity contribution in [1.82, 2.24) is 4.98 Å². The van der Waals surface area contributed by atoms with Crippen LogP contribution in [0.3, 0.4) is 0 Å². The Hall–Kier alpha value is 0.0700. The molecule has 0 aliphatic heterocycles. The lowest BCUT2D eigenvalue weighted by Crippen LogP contribution is -1.88. The molecule has 1 rings (SSSR count). The first-order valence-electron chi connectivity index (χ1n) is 2.91. The molecule has 0 saturated carbocycles. The van der Waals surface area contributed by atoms with Gasteiger partial charge in [-0.2, -0.15) is 0 Å². The van der Waals surface area contributed by atoms with E-state index < -0.39 is 0 Å². The minimum absolute atomic E-state index is 0. The van der Waals surface area contributed by atoms with Crippen LogP contribution in [0.25, 0.3) is 0 Å². The third kappa shape index (κ3) is 3.29. The zero-order valence-electron chi connectivity index (χ0n) is 5.49. The fraction of sp³-hybridized carbons (Fsp3) is 0.500. The van der Waals surface area contributed by atoms with Gasteiger partial charge >= 0.3 is 0 Å². The van der Waals surface area contributed by atoms with Crippen LogP contribution >= 0.6 is 28.3 Å². The summed E-state index contributed by atoms with van der Waals surface area (Å²) in [6.07, 6.45) is 1.73. The van der Waals surface area contributed by atoms with E-state index in [1.807, 2.05) is 10.9 Å². The van der Waals surface area contributed by atoms with Gasteiger partial charge in [0.05, 0.1) is 11.2 Å². The molecule has 1 N–H and O–H groups in total. The van der Waals surface area contributed by atoms with Gasteiger partial charge in [-0.05, 0) is 12.8 Å². The van der Waals surface area contributed by atoms with E-state index in [0.29, 0.717) is 0 Å². The van der Waals surface area contributed by atoms with Crippen LogP contribution in [0.1, 0.15) is 12.1 Å². The molecule has 10 heavy (non-hydrogen) atoms. The highest BCUT2D eigenvalue weighted by molar-refractivity contribution is 8.93. The van der Waals surface area contributed by atoms with Crippen molar-refractivity contribution in [2.75, 3.05) is 6.61 Å². The van der Waals surface area contributed by atoms with Crippen LogP contribution in [0, 0.1) is 0 Å². The number of rotatable bonds is 3. The first-order valence-corrected chi connectivity index (χ1v) is 3.85. The number of aromatic nitrogens is 1. The number of nitrogens with zero attached hydrogens (tertiary/aromatic N) is 1. The lowest BCUT2D eigenvalue weighted by Gasteiger charge is -1.89. The van der Waals surface area contributed by atoms with Crippen LogP contribution < -0.4 is 0 Å². The molecule has 58 valence electrons. The second kappa shape index (κ2) is 5.82. The second-order valence-electron chi connectivity index (χ2n) is 1.81. The molecular weight excluding hydrogens is 214 g/mol. The molecule has 2 nitrogen and oxygen atoms in total. The largest absolute Gasteiger partial charge is 0.396 e. The normalized spacial score (nSPS) is 8.90. The first kappa shape index (κ1) is 10.1. The lowest BCUT2D eigenvalue weighted by molar-refractivity contribution is 0.288. The van der Waals surface area contributed by atoms with E-state index in [1.165, 1.54) is 0 Å². The summed E-state index contributed by atoms with van der Waals surface area (Å²) in [4.78, 5) is 4.06. The Labute approximate surface area is 74.7 Å². The first-order chi connectivity index (χ1) is 4.43. The quantitative estimate of drug-likeness (QED) is 0.846. The maximum Gasteiger partial charge on any atom is 0.0794 e. The molecule has 1 aromatic rings. The maximum absolute atomic E-state index is 8.44. The molecule has 0 radical (unpaired) electrons. The SMILES string of the molecule is Br.OCCCc1cscn1. The Morgan fingerprint density at radius 2 is 2.40 bits per heavy atom. The van der Waals surface area contributed by atoms with Crippen molar-refractivity contribution in [3.05, 3.63) is 16.6 Å². The Morgan fingerprint density at radius 3 is 2.90 bits per heavy atom. The molecule has 1 heterocycles. The van der Waals surface area contributed by atoms with Gasteiger partial charge in [0, 0.05) is 12.0 Å². The van der Waals surface area contributed by atoms with E-state index in [0.717, 1.165) is 18.5 Å². The van der Waals surface area contributed by atoms with Gasteiger partial charge in [-0.1, -0.05) is 0 Å². The Kier molecular flexibility index (Phi) is 5.87. The molecule has 0 aliphatic rings. The van der Waals surface area contributed by atoms with E-state index >= 15 is 0 Å². The fourth-order valence-electron chi connectivity index (χ4n) is 0.621. The van der Waals surface area contributed by atoms with Crippen molar-refractivity contribution in [2.45, 2.75) is 12.8 Å². The predicted octanol–water partition coefficient (Wildman–Crippen LogP) is 1.65. The summed E-state index contributed by atoms with van der Waals surface area (Å²) in [5, 5.41) is 10.5. The van der Waals surface area contributed by atoms with E-state index in [2.05, 4.69) is 4.98 Å². The van der Waals surface area contributed by atoms with Crippen LogP contribution in [-0.4, -0.2) is 16.7 Å². The maximum atomic E-state index is 8.44. The summed E-state index contributed by atoms with van der Waals surface area (Å²) < 4.78 is 0. The Balaban J connectivity index is 0.000000810. The molecule has 0 fully saturated rings. The second-order valence-corrected chi connectivity index (χ2v) is 2.53. The van der Waals surface area contributed by atoms with E-state index in [1.54, 1.807) is 11.3 Å². The van der Waals surface area contributed by atoms with Crippen molar-refractivity contribution in [3.63, 3.8) is 0 Å². The molecular formula is C6H10BrNOS.